The van der Waals surface area contributed by atoms with Crippen molar-refractivity contribution in [3.05, 3.63) is 11.1 Å². The topological polar surface area (TPSA) is 102 Å². The molecule has 7 rings (SSSR count). The van der Waals surface area contributed by atoms with Gasteiger partial charge in [0.1, 0.15) is 24.1 Å². The summed E-state index contributed by atoms with van der Waals surface area (Å²) in [6, 6.07) is 0. The molecule has 13 atom stereocenters. The summed E-state index contributed by atoms with van der Waals surface area (Å²) >= 11 is 0. The number of ether oxygens (including phenoxy) is 3. The third-order valence-electron chi connectivity index (χ3n) is 13.7. The highest BCUT2D eigenvalue weighted by molar-refractivity contribution is 5.94. The van der Waals surface area contributed by atoms with Gasteiger partial charge in [-0.05, 0) is 85.4 Å². The van der Waals surface area contributed by atoms with Gasteiger partial charge in [-0.15, -0.1) is 0 Å². The summed E-state index contributed by atoms with van der Waals surface area (Å²) < 4.78 is 17.6. The summed E-state index contributed by atoms with van der Waals surface area (Å²) in [5.41, 5.74) is 0.381. The van der Waals surface area contributed by atoms with E-state index in [9.17, 15) is 19.5 Å². The zero-order chi connectivity index (χ0) is 27.9. The molecule has 0 radical (unpaired) electrons. The van der Waals surface area contributed by atoms with E-state index in [0.717, 1.165) is 37.7 Å². The molecule has 6 fully saturated rings. The van der Waals surface area contributed by atoms with E-state index in [1.807, 2.05) is 13.8 Å². The average Bonchev–Trinajstić information content (AvgIpc) is 3.68. The van der Waals surface area contributed by atoms with Gasteiger partial charge in [-0.2, -0.15) is 0 Å². The molecule has 39 heavy (non-hydrogen) atoms. The van der Waals surface area contributed by atoms with E-state index in [0.29, 0.717) is 42.0 Å². The minimum absolute atomic E-state index is 0.00354. The molecular weight excluding hydrogens is 496 g/mol. The Labute approximate surface area is 231 Å². The maximum atomic E-state index is 13.9. The van der Waals surface area contributed by atoms with Crippen LogP contribution in [-0.2, 0) is 28.6 Å². The van der Waals surface area contributed by atoms with Crippen LogP contribution in [0.1, 0.15) is 86.5 Å². The molecule has 3 spiro atoms. The number of epoxide rings is 1. The number of hydrogen-bond donors (Lipinski definition) is 1. The Morgan fingerprint density at radius 1 is 1.15 bits per heavy atom. The first-order valence-electron chi connectivity index (χ1n) is 15.3. The number of fused-ring (bicyclic) bond motifs is 2. The molecule has 0 aromatic heterocycles. The van der Waals surface area contributed by atoms with Gasteiger partial charge in [0.25, 0.3) is 0 Å². The monoisotopic (exact) mass is 540 g/mol. The third kappa shape index (κ3) is 2.85. The van der Waals surface area contributed by atoms with E-state index >= 15 is 0 Å². The highest BCUT2D eigenvalue weighted by Gasteiger charge is 2.98. The lowest BCUT2D eigenvalue weighted by Gasteiger charge is -2.55. The van der Waals surface area contributed by atoms with Crippen LogP contribution in [0.2, 0.25) is 0 Å². The number of hydrogen-bond acceptors (Lipinski definition) is 7. The summed E-state index contributed by atoms with van der Waals surface area (Å²) in [6.07, 6.45) is 5.74. The summed E-state index contributed by atoms with van der Waals surface area (Å²) in [5.74, 6) is 1.44. The van der Waals surface area contributed by atoms with Crippen LogP contribution in [0.3, 0.4) is 0 Å². The molecule has 7 heteroatoms. The Balaban J connectivity index is 1.14. The quantitative estimate of drug-likeness (QED) is 0.417. The Bertz CT molecular complexity index is 1190. The zero-order valence-electron chi connectivity index (χ0n) is 24.2. The number of rotatable bonds is 4. The number of Topliss-reactive ketones (excluding diaryl/α,β-unsaturated/α-hetero) is 1. The summed E-state index contributed by atoms with van der Waals surface area (Å²) in [6.45, 7) is 12.3. The molecule has 1 saturated heterocycles. The van der Waals surface area contributed by atoms with Gasteiger partial charge in [-0.25, -0.2) is 4.79 Å². The second-order valence-corrected chi connectivity index (χ2v) is 14.7. The molecule has 7 nitrogen and oxygen atoms in total. The van der Waals surface area contributed by atoms with Crippen molar-refractivity contribution in [2.75, 3.05) is 6.61 Å². The zero-order valence-corrected chi connectivity index (χ0v) is 24.2. The van der Waals surface area contributed by atoms with Crippen LogP contribution in [0.5, 0.6) is 0 Å². The number of cyclic esters (lactones) is 1. The van der Waals surface area contributed by atoms with E-state index in [2.05, 4.69) is 20.8 Å². The van der Waals surface area contributed by atoms with Gasteiger partial charge in [0, 0.05) is 19.8 Å². The number of aliphatic hydroxyl groups excluding tert-OH is 1. The lowest BCUT2D eigenvalue weighted by molar-refractivity contribution is -0.154. The SMILES string of the molecule is CC(=O)OCC1=C(C)CC(C(C)C2CCC3C4CC5OC56C(O)C(C)CC(=O)C65C(C)C45CCC23C)OC1=O. The lowest BCUT2D eigenvalue weighted by atomic mass is 9.48. The normalized spacial score (nSPS) is 53.9. The highest BCUT2D eigenvalue weighted by Crippen LogP contribution is 2.92. The smallest absolute Gasteiger partial charge is 0.337 e. The van der Waals surface area contributed by atoms with Crippen molar-refractivity contribution >= 4 is 17.7 Å². The average molecular weight is 541 g/mol. The highest BCUT2D eigenvalue weighted by atomic mass is 16.6. The van der Waals surface area contributed by atoms with Crippen LogP contribution in [0, 0.1) is 51.8 Å². The Morgan fingerprint density at radius 3 is 2.59 bits per heavy atom. The number of esters is 2. The number of carbonyl (C=O) groups is 3. The van der Waals surface area contributed by atoms with Crippen LogP contribution in [0.25, 0.3) is 0 Å². The molecule has 7 aliphatic rings. The van der Waals surface area contributed by atoms with Crippen LogP contribution in [0.15, 0.2) is 11.1 Å². The molecule has 2 heterocycles. The molecule has 5 aliphatic carbocycles. The van der Waals surface area contributed by atoms with E-state index < -0.39 is 23.1 Å². The largest absolute Gasteiger partial charge is 0.461 e. The molecule has 0 amide bonds. The molecule has 0 aromatic rings. The molecular formula is C32H44O7. The predicted octanol–water partition coefficient (Wildman–Crippen LogP) is 4.39. The lowest BCUT2D eigenvalue weighted by Crippen LogP contribution is -2.60. The van der Waals surface area contributed by atoms with E-state index in [-0.39, 0.29) is 53.4 Å². The van der Waals surface area contributed by atoms with Crippen LogP contribution < -0.4 is 0 Å². The second kappa shape index (κ2) is 7.96. The fourth-order valence-corrected chi connectivity index (χ4v) is 12.0. The van der Waals surface area contributed by atoms with Crippen LogP contribution in [0.4, 0.5) is 0 Å². The van der Waals surface area contributed by atoms with E-state index in [1.165, 1.54) is 6.92 Å². The van der Waals surface area contributed by atoms with Crippen LogP contribution >= 0.6 is 0 Å². The van der Waals surface area contributed by atoms with Crippen molar-refractivity contribution in [1.82, 2.24) is 0 Å². The molecule has 5 saturated carbocycles. The summed E-state index contributed by atoms with van der Waals surface area (Å²) in [5, 5.41) is 11.4. The molecule has 214 valence electrons. The number of ketones is 1. The molecule has 1 N–H and O–H groups in total. The molecule has 0 aromatic carbocycles. The maximum absolute atomic E-state index is 13.9. The Hall–Kier alpha value is -1.73. The standard InChI is InChI=1S/C32H44O7/c1-15-11-24(38-28(36)20(15)14-37-19(5)33)17(3)21-7-8-22-23-13-26-32(39-26)27(35)16(2)12-25(34)31(32)18(4)30(23,31)10-9-29(21,22)6/h16-18,21-24,26-27,35H,7-14H2,1-6H3. The number of carbonyl (C=O) groups excluding carboxylic acids is 3. The van der Waals surface area contributed by atoms with Crippen molar-refractivity contribution in [2.24, 2.45) is 51.8 Å². The van der Waals surface area contributed by atoms with Crippen molar-refractivity contribution < 1.29 is 33.7 Å². The fourth-order valence-electron chi connectivity index (χ4n) is 12.0. The van der Waals surface area contributed by atoms with Gasteiger partial charge in [0.2, 0.25) is 0 Å². The third-order valence-corrected chi connectivity index (χ3v) is 13.7. The van der Waals surface area contributed by atoms with Crippen LogP contribution in [-0.4, -0.2) is 53.3 Å². The minimum atomic E-state index is -0.638. The Morgan fingerprint density at radius 2 is 1.90 bits per heavy atom. The van der Waals surface area contributed by atoms with Gasteiger partial charge >= 0.3 is 11.9 Å². The van der Waals surface area contributed by atoms with Gasteiger partial charge in [-0.3, -0.25) is 9.59 Å². The van der Waals surface area contributed by atoms with Crippen molar-refractivity contribution in [3.8, 4) is 0 Å². The summed E-state index contributed by atoms with van der Waals surface area (Å²) in [7, 11) is 0. The number of aliphatic hydroxyl groups is 1. The molecule has 0 bridgehead atoms. The minimum Gasteiger partial charge on any atom is -0.461 e. The predicted molar refractivity (Wildman–Crippen MR) is 141 cm³/mol. The van der Waals surface area contributed by atoms with E-state index in [1.54, 1.807) is 0 Å². The fraction of sp³-hybridized carbons (Fsp3) is 0.844. The maximum Gasteiger partial charge on any atom is 0.337 e. The molecule has 13 unspecified atom stereocenters. The van der Waals surface area contributed by atoms with E-state index in [4.69, 9.17) is 14.2 Å². The van der Waals surface area contributed by atoms with Gasteiger partial charge in [0.05, 0.1) is 23.2 Å². The first-order chi connectivity index (χ1) is 18.4. The van der Waals surface area contributed by atoms with Gasteiger partial charge in [-0.1, -0.05) is 33.3 Å². The first kappa shape index (κ1) is 26.2. The van der Waals surface area contributed by atoms with Crippen molar-refractivity contribution in [1.29, 1.82) is 0 Å². The van der Waals surface area contributed by atoms with Gasteiger partial charge < -0.3 is 19.3 Å². The molecule has 2 aliphatic heterocycles. The van der Waals surface area contributed by atoms with Crippen molar-refractivity contribution in [3.63, 3.8) is 0 Å². The second-order valence-electron chi connectivity index (χ2n) is 14.7. The Kier molecular flexibility index (Phi) is 5.35. The van der Waals surface area contributed by atoms with Crippen molar-refractivity contribution in [2.45, 2.75) is 110 Å². The summed E-state index contributed by atoms with van der Waals surface area (Å²) in [4.78, 5) is 38.1. The van der Waals surface area contributed by atoms with Gasteiger partial charge in [0.15, 0.2) is 0 Å². The first-order valence-corrected chi connectivity index (χ1v) is 15.3.